The molecule has 112 valence electrons. The molecule has 0 unspecified atom stereocenters. The molecule has 3 rings (SSSR count). The number of carbonyl (C=O) groups excluding carboxylic acids is 2. The summed E-state index contributed by atoms with van der Waals surface area (Å²) >= 11 is 0. The zero-order valence-electron chi connectivity index (χ0n) is 11.9. The molecule has 2 amide bonds. The van der Waals surface area contributed by atoms with Crippen molar-refractivity contribution in [2.75, 3.05) is 19.6 Å². The molecule has 0 spiro atoms. The van der Waals surface area contributed by atoms with Gasteiger partial charge in [-0.1, -0.05) is 18.2 Å². The van der Waals surface area contributed by atoms with E-state index in [-0.39, 0.29) is 30.6 Å². The van der Waals surface area contributed by atoms with Gasteiger partial charge < -0.3 is 9.80 Å². The van der Waals surface area contributed by atoms with Crippen LogP contribution in [0.4, 0.5) is 4.39 Å². The van der Waals surface area contributed by atoms with E-state index in [2.05, 4.69) is 0 Å². The summed E-state index contributed by atoms with van der Waals surface area (Å²) in [4.78, 5) is 27.6. The van der Waals surface area contributed by atoms with E-state index in [1.54, 1.807) is 23.1 Å². The fraction of sp³-hybridized carbons (Fsp3) is 0.500. The van der Waals surface area contributed by atoms with Gasteiger partial charge in [0.15, 0.2) is 0 Å². The Bertz CT molecular complexity index is 557. The van der Waals surface area contributed by atoms with Crippen LogP contribution in [-0.4, -0.2) is 47.3 Å². The second-order valence-corrected chi connectivity index (χ2v) is 5.73. The van der Waals surface area contributed by atoms with Gasteiger partial charge in [-0.3, -0.25) is 9.59 Å². The quantitative estimate of drug-likeness (QED) is 0.845. The summed E-state index contributed by atoms with van der Waals surface area (Å²) in [5, 5.41) is 0. The maximum absolute atomic E-state index is 13.5. The lowest BCUT2D eigenvalue weighted by Gasteiger charge is -2.34. The molecule has 0 radical (unpaired) electrons. The molecule has 0 aromatic heterocycles. The molecular formula is C16H19FN2O2. The minimum absolute atomic E-state index is 0.0444. The Morgan fingerprint density at radius 3 is 2.67 bits per heavy atom. The molecule has 1 saturated carbocycles. The van der Waals surface area contributed by atoms with E-state index in [4.69, 9.17) is 0 Å². The third kappa shape index (κ3) is 3.23. The van der Waals surface area contributed by atoms with Gasteiger partial charge in [0, 0.05) is 25.6 Å². The van der Waals surface area contributed by atoms with Crippen molar-refractivity contribution in [1.29, 1.82) is 0 Å². The molecule has 5 heteroatoms. The molecule has 0 N–H and O–H groups in total. The van der Waals surface area contributed by atoms with Crippen molar-refractivity contribution in [3.8, 4) is 0 Å². The zero-order chi connectivity index (χ0) is 14.8. The van der Waals surface area contributed by atoms with Gasteiger partial charge in [-0.05, 0) is 30.9 Å². The minimum atomic E-state index is -0.278. The van der Waals surface area contributed by atoms with E-state index in [0.717, 1.165) is 12.8 Å². The average molecular weight is 290 g/mol. The molecule has 1 aromatic rings. The first-order chi connectivity index (χ1) is 10.1. The predicted octanol–water partition coefficient (Wildman–Crippen LogP) is 1.59. The van der Waals surface area contributed by atoms with Crippen molar-refractivity contribution in [1.82, 2.24) is 9.80 Å². The van der Waals surface area contributed by atoms with Gasteiger partial charge in [-0.2, -0.15) is 0 Å². The van der Waals surface area contributed by atoms with Crippen LogP contribution in [0.3, 0.4) is 0 Å². The highest BCUT2D eigenvalue weighted by Gasteiger charge is 2.36. The number of piperazine rings is 1. The molecule has 2 aliphatic rings. The molecule has 1 saturated heterocycles. The van der Waals surface area contributed by atoms with Gasteiger partial charge in [-0.25, -0.2) is 4.39 Å². The molecule has 0 atom stereocenters. The smallest absolute Gasteiger partial charge is 0.242 e. The summed E-state index contributed by atoms with van der Waals surface area (Å²) in [6.07, 6.45) is 2.81. The Hall–Kier alpha value is -1.91. The lowest BCUT2D eigenvalue weighted by Crippen LogP contribution is -2.52. The Labute approximate surface area is 123 Å². The Morgan fingerprint density at radius 1 is 1.24 bits per heavy atom. The van der Waals surface area contributed by atoms with Crippen LogP contribution < -0.4 is 0 Å². The standard InChI is InChI=1S/C16H19FN2O2/c17-14-4-2-1-3-12(14)5-8-15(20)18-9-10-19(13-6-7-13)16(21)11-18/h1-4,13H,5-11H2. The zero-order valence-corrected chi connectivity index (χ0v) is 11.9. The normalized spacial score (nSPS) is 19.0. The summed E-state index contributed by atoms with van der Waals surface area (Å²) < 4.78 is 13.5. The van der Waals surface area contributed by atoms with Crippen molar-refractivity contribution >= 4 is 11.8 Å². The summed E-state index contributed by atoms with van der Waals surface area (Å²) in [7, 11) is 0. The van der Waals surface area contributed by atoms with Crippen molar-refractivity contribution < 1.29 is 14.0 Å². The van der Waals surface area contributed by atoms with Gasteiger partial charge >= 0.3 is 0 Å². The van der Waals surface area contributed by atoms with E-state index in [9.17, 15) is 14.0 Å². The largest absolute Gasteiger partial charge is 0.336 e. The van der Waals surface area contributed by atoms with Gasteiger partial charge in [-0.15, -0.1) is 0 Å². The van der Waals surface area contributed by atoms with Crippen LogP contribution in [0.15, 0.2) is 24.3 Å². The molecule has 2 fully saturated rings. The second kappa shape index (κ2) is 5.84. The van der Waals surface area contributed by atoms with Crippen LogP contribution in [0.25, 0.3) is 0 Å². The van der Waals surface area contributed by atoms with Crippen molar-refractivity contribution in [2.45, 2.75) is 31.7 Å². The van der Waals surface area contributed by atoms with Crippen LogP contribution in [0.2, 0.25) is 0 Å². The number of rotatable bonds is 4. The topological polar surface area (TPSA) is 40.6 Å². The number of hydrogen-bond donors (Lipinski definition) is 0. The first-order valence-corrected chi connectivity index (χ1v) is 7.46. The number of hydrogen-bond acceptors (Lipinski definition) is 2. The summed E-state index contributed by atoms with van der Waals surface area (Å²) in [6, 6.07) is 6.90. The highest BCUT2D eigenvalue weighted by Crippen LogP contribution is 2.28. The van der Waals surface area contributed by atoms with E-state index in [1.807, 2.05) is 4.90 Å². The minimum Gasteiger partial charge on any atom is -0.336 e. The third-order valence-corrected chi connectivity index (χ3v) is 4.16. The molecule has 0 bridgehead atoms. The monoisotopic (exact) mass is 290 g/mol. The Kier molecular flexibility index (Phi) is 3.90. The van der Waals surface area contributed by atoms with Crippen molar-refractivity contribution in [2.24, 2.45) is 0 Å². The van der Waals surface area contributed by atoms with Gasteiger partial charge in [0.05, 0.1) is 6.54 Å². The molecule has 1 aliphatic carbocycles. The van der Waals surface area contributed by atoms with Crippen molar-refractivity contribution in [3.63, 3.8) is 0 Å². The van der Waals surface area contributed by atoms with E-state index in [0.29, 0.717) is 31.1 Å². The molecule has 1 heterocycles. The van der Waals surface area contributed by atoms with Crippen molar-refractivity contribution in [3.05, 3.63) is 35.6 Å². The Morgan fingerprint density at radius 2 is 2.00 bits per heavy atom. The molecular weight excluding hydrogens is 271 g/mol. The first-order valence-electron chi connectivity index (χ1n) is 7.46. The third-order valence-electron chi connectivity index (χ3n) is 4.16. The van der Waals surface area contributed by atoms with Crippen LogP contribution >= 0.6 is 0 Å². The first kappa shape index (κ1) is 14.0. The SMILES string of the molecule is O=C(CCc1ccccc1F)N1CCN(C2CC2)C(=O)C1. The van der Waals surface area contributed by atoms with Crippen LogP contribution in [0.1, 0.15) is 24.8 Å². The summed E-state index contributed by atoms with van der Waals surface area (Å²) in [5.41, 5.74) is 0.550. The number of halogens is 1. The highest BCUT2D eigenvalue weighted by molar-refractivity contribution is 5.86. The summed E-state index contributed by atoms with van der Waals surface area (Å²) in [5.74, 6) is -0.301. The fourth-order valence-electron chi connectivity index (χ4n) is 2.77. The summed E-state index contributed by atoms with van der Waals surface area (Å²) in [6.45, 7) is 1.40. The second-order valence-electron chi connectivity index (χ2n) is 5.73. The maximum atomic E-state index is 13.5. The van der Waals surface area contributed by atoms with Gasteiger partial charge in [0.25, 0.3) is 0 Å². The number of aryl methyl sites for hydroxylation is 1. The molecule has 4 nitrogen and oxygen atoms in total. The lowest BCUT2D eigenvalue weighted by atomic mass is 10.1. The number of amides is 2. The predicted molar refractivity (Wildman–Crippen MR) is 76.0 cm³/mol. The van der Waals surface area contributed by atoms with Crippen LogP contribution in [-0.2, 0) is 16.0 Å². The number of benzene rings is 1. The average Bonchev–Trinajstić information content (AvgIpc) is 3.30. The Balaban J connectivity index is 1.52. The molecule has 21 heavy (non-hydrogen) atoms. The van der Waals surface area contributed by atoms with Gasteiger partial charge in [0.2, 0.25) is 11.8 Å². The van der Waals surface area contributed by atoms with E-state index in [1.165, 1.54) is 6.07 Å². The number of carbonyl (C=O) groups is 2. The fourth-order valence-corrected chi connectivity index (χ4v) is 2.77. The van der Waals surface area contributed by atoms with E-state index >= 15 is 0 Å². The van der Waals surface area contributed by atoms with E-state index < -0.39 is 0 Å². The van der Waals surface area contributed by atoms with Crippen LogP contribution in [0, 0.1) is 5.82 Å². The molecule has 1 aromatic carbocycles. The number of nitrogens with zero attached hydrogens (tertiary/aromatic N) is 2. The molecule has 1 aliphatic heterocycles. The van der Waals surface area contributed by atoms with Crippen LogP contribution in [0.5, 0.6) is 0 Å². The maximum Gasteiger partial charge on any atom is 0.242 e. The lowest BCUT2D eigenvalue weighted by molar-refractivity contribution is -0.145. The highest BCUT2D eigenvalue weighted by atomic mass is 19.1. The van der Waals surface area contributed by atoms with Gasteiger partial charge in [0.1, 0.15) is 5.82 Å².